The number of hydrogen-bond acceptors (Lipinski definition) is 2. The summed E-state index contributed by atoms with van der Waals surface area (Å²) in [7, 11) is 0. The van der Waals surface area contributed by atoms with Gasteiger partial charge in [-0.15, -0.1) is 11.6 Å². The molecule has 0 saturated carbocycles. The molecule has 0 fully saturated rings. The number of benzene rings is 1. The monoisotopic (exact) mass is 234 g/mol. The fraction of sp³-hybridized carbons (Fsp3) is 0.400. The number of ether oxygens (including phenoxy) is 2. The van der Waals surface area contributed by atoms with Crippen LogP contribution in [0.4, 0.5) is 0 Å². The lowest BCUT2D eigenvalue weighted by molar-refractivity contribution is 0.111. The zero-order valence-corrected chi connectivity index (χ0v) is 9.22. The van der Waals surface area contributed by atoms with Gasteiger partial charge in [0.15, 0.2) is 0 Å². The maximum Gasteiger partial charge on any atom is 0.138 e. The minimum absolute atomic E-state index is 0.487. The third-order valence-corrected chi connectivity index (χ3v) is 2.01. The van der Waals surface area contributed by atoms with Gasteiger partial charge in [-0.25, -0.2) is 0 Å². The maximum atomic E-state index is 5.88. The fourth-order valence-corrected chi connectivity index (χ4v) is 1.23. The zero-order chi connectivity index (χ0) is 10.2. The van der Waals surface area contributed by atoms with Gasteiger partial charge in [0.2, 0.25) is 0 Å². The quantitative estimate of drug-likeness (QED) is 0.557. The second-order valence-electron chi connectivity index (χ2n) is 2.58. The van der Waals surface area contributed by atoms with E-state index in [0.717, 1.165) is 0 Å². The molecule has 1 aromatic rings. The van der Waals surface area contributed by atoms with E-state index in [4.69, 9.17) is 32.7 Å². The van der Waals surface area contributed by atoms with Crippen molar-refractivity contribution < 1.29 is 9.47 Å². The van der Waals surface area contributed by atoms with Gasteiger partial charge in [0.25, 0.3) is 0 Å². The van der Waals surface area contributed by atoms with Crippen LogP contribution in [-0.4, -0.2) is 25.7 Å². The van der Waals surface area contributed by atoms with Gasteiger partial charge in [-0.05, 0) is 12.1 Å². The molecule has 4 heteroatoms. The third kappa shape index (κ3) is 4.18. The topological polar surface area (TPSA) is 18.5 Å². The maximum absolute atomic E-state index is 5.88. The molecule has 14 heavy (non-hydrogen) atoms. The smallest absolute Gasteiger partial charge is 0.138 e. The van der Waals surface area contributed by atoms with Crippen molar-refractivity contribution in [2.75, 3.05) is 25.7 Å². The molecule has 0 aromatic heterocycles. The van der Waals surface area contributed by atoms with Crippen LogP contribution in [0.5, 0.6) is 5.75 Å². The van der Waals surface area contributed by atoms with E-state index in [2.05, 4.69) is 0 Å². The highest BCUT2D eigenvalue weighted by Gasteiger charge is 1.98. The van der Waals surface area contributed by atoms with Crippen molar-refractivity contribution in [2.24, 2.45) is 0 Å². The Morgan fingerprint density at radius 2 is 1.86 bits per heavy atom. The highest BCUT2D eigenvalue weighted by atomic mass is 35.5. The van der Waals surface area contributed by atoms with Gasteiger partial charge < -0.3 is 9.47 Å². The molecule has 78 valence electrons. The van der Waals surface area contributed by atoms with E-state index < -0.39 is 0 Å². The molecule has 0 radical (unpaired) electrons. The molecule has 1 rings (SSSR count). The Bertz CT molecular complexity index is 266. The molecule has 0 spiro atoms. The van der Waals surface area contributed by atoms with Gasteiger partial charge in [0.05, 0.1) is 18.2 Å². The standard InChI is InChI=1S/C10H12Cl2O2/c11-5-6-13-7-8-14-10-4-2-1-3-9(10)12/h1-4H,5-8H2. The van der Waals surface area contributed by atoms with Crippen LogP contribution < -0.4 is 4.74 Å². The number of hydrogen-bond donors (Lipinski definition) is 0. The van der Waals surface area contributed by atoms with E-state index in [9.17, 15) is 0 Å². The van der Waals surface area contributed by atoms with E-state index >= 15 is 0 Å². The lowest BCUT2D eigenvalue weighted by Crippen LogP contribution is -2.08. The van der Waals surface area contributed by atoms with Crippen LogP contribution in [-0.2, 0) is 4.74 Å². The highest BCUT2D eigenvalue weighted by Crippen LogP contribution is 2.22. The van der Waals surface area contributed by atoms with Gasteiger partial charge in [0.1, 0.15) is 12.4 Å². The van der Waals surface area contributed by atoms with Crippen LogP contribution in [0.25, 0.3) is 0 Å². The van der Waals surface area contributed by atoms with Crippen molar-refractivity contribution in [2.45, 2.75) is 0 Å². The first-order valence-electron chi connectivity index (χ1n) is 4.35. The van der Waals surface area contributed by atoms with E-state index in [-0.39, 0.29) is 0 Å². The van der Waals surface area contributed by atoms with Crippen molar-refractivity contribution in [1.29, 1.82) is 0 Å². The Kier molecular flexibility index (Phi) is 5.76. The van der Waals surface area contributed by atoms with Gasteiger partial charge in [0, 0.05) is 5.88 Å². The molecule has 2 nitrogen and oxygen atoms in total. The molecule has 0 aliphatic rings. The molecule has 0 aliphatic heterocycles. The minimum atomic E-state index is 0.487. The summed E-state index contributed by atoms with van der Waals surface area (Å²) in [5.41, 5.74) is 0. The SMILES string of the molecule is ClCCOCCOc1ccccc1Cl. The summed E-state index contributed by atoms with van der Waals surface area (Å²) in [6.45, 7) is 1.56. The van der Waals surface area contributed by atoms with Crippen molar-refractivity contribution in [1.82, 2.24) is 0 Å². The Labute approximate surface area is 93.7 Å². The minimum Gasteiger partial charge on any atom is -0.490 e. The van der Waals surface area contributed by atoms with Crippen LogP contribution in [0, 0.1) is 0 Å². The molecule has 0 bridgehead atoms. The molecular formula is C10H12Cl2O2. The molecule has 0 amide bonds. The van der Waals surface area contributed by atoms with Gasteiger partial charge in [-0.3, -0.25) is 0 Å². The van der Waals surface area contributed by atoms with Crippen molar-refractivity contribution >= 4 is 23.2 Å². The number of alkyl halides is 1. The molecule has 0 atom stereocenters. The highest BCUT2D eigenvalue weighted by molar-refractivity contribution is 6.32. The third-order valence-electron chi connectivity index (χ3n) is 1.54. The average Bonchev–Trinajstić information content (AvgIpc) is 2.20. The van der Waals surface area contributed by atoms with Crippen LogP contribution in [0.1, 0.15) is 0 Å². The lowest BCUT2D eigenvalue weighted by Gasteiger charge is -2.07. The molecule has 0 aliphatic carbocycles. The summed E-state index contributed by atoms with van der Waals surface area (Å²) < 4.78 is 10.5. The van der Waals surface area contributed by atoms with Gasteiger partial charge in [-0.2, -0.15) is 0 Å². The Hall–Kier alpha value is -0.440. The fourth-order valence-electron chi connectivity index (χ4n) is 0.929. The molecule has 0 unspecified atom stereocenters. The number of halogens is 2. The molecule has 1 aromatic carbocycles. The second kappa shape index (κ2) is 6.93. The van der Waals surface area contributed by atoms with Crippen LogP contribution in [0.15, 0.2) is 24.3 Å². The van der Waals surface area contributed by atoms with Crippen LogP contribution >= 0.6 is 23.2 Å². The molecular weight excluding hydrogens is 223 g/mol. The van der Waals surface area contributed by atoms with Gasteiger partial charge >= 0.3 is 0 Å². The van der Waals surface area contributed by atoms with Crippen LogP contribution in [0.3, 0.4) is 0 Å². The van der Waals surface area contributed by atoms with Gasteiger partial charge in [-0.1, -0.05) is 23.7 Å². The Balaban J connectivity index is 2.21. The lowest BCUT2D eigenvalue weighted by atomic mass is 10.3. The first-order chi connectivity index (χ1) is 6.84. The average molecular weight is 235 g/mol. The first-order valence-corrected chi connectivity index (χ1v) is 5.27. The summed E-state index contributed by atoms with van der Waals surface area (Å²) in [6, 6.07) is 7.35. The summed E-state index contributed by atoms with van der Waals surface area (Å²) in [4.78, 5) is 0. The van der Waals surface area contributed by atoms with E-state index in [1.165, 1.54) is 0 Å². The van der Waals surface area contributed by atoms with E-state index in [1.54, 1.807) is 6.07 Å². The predicted octanol–water partition coefficient (Wildman–Crippen LogP) is 2.97. The molecule has 0 N–H and O–H groups in total. The first kappa shape index (κ1) is 11.6. The summed E-state index contributed by atoms with van der Waals surface area (Å²) >= 11 is 11.3. The van der Waals surface area contributed by atoms with Crippen molar-refractivity contribution in [3.63, 3.8) is 0 Å². The zero-order valence-electron chi connectivity index (χ0n) is 7.71. The molecule has 0 saturated heterocycles. The largest absolute Gasteiger partial charge is 0.490 e. The summed E-state index contributed by atoms with van der Waals surface area (Å²) in [5, 5.41) is 0.616. The number of rotatable bonds is 6. The summed E-state index contributed by atoms with van der Waals surface area (Å²) in [5.74, 6) is 1.19. The van der Waals surface area contributed by atoms with Crippen LogP contribution in [0.2, 0.25) is 5.02 Å². The second-order valence-corrected chi connectivity index (χ2v) is 3.37. The number of para-hydroxylation sites is 1. The van der Waals surface area contributed by atoms with E-state index in [0.29, 0.717) is 36.5 Å². The normalized spacial score (nSPS) is 10.1. The van der Waals surface area contributed by atoms with E-state index in [1.807, 2.05) is 18.2 Å². The van der Waals surface area contributed by atoms with Crippen molar-refractivity contribution in [3.05, 3.63) is 29.3 Å². The van der Waals surface area contributed by atoms with Crippen molar-refractivity contribution in [3.8, 4) is 5.75 Å². The Morgan fingerprint density at radius 3 is 2.57 bits per heavy atom. The molecule has 0 heterocycles. The summed E-state index contributed by atoms with van der Waals surface area (Å²) in [6.07, 6.45) is 0. The Morgan fingerprint density at radius 1 is 1.07 bits per heavy atom. The predicted molar refractivity (Wildman–Crippen MR) is 58.5 cm³/mol.